The summed E-state index contributed by atoms with van der Waals surface area (Å²) in [5, 5.41) is 5.99. The first-order chi connectivity index (χ1) is 13.1. The molecule has 0 spiro atoms. The number of unbranched alkanes of at least 4 members (excludes halogenated alkanes) is 4. The second kappa shape index (κ2) is 10.7. The third-order valence-electron chi connectivity index (χ3n) is 5.09. The van der Waals surface area contributed by atoms with Crippen LogP contribution in [0.1, 0.15) is 67.8 Å². The topological polar surface area (TPSA) is 78.5 Å². The van der Waals surface area contributed by atoms with Crippen LogP contribution in [-0.2, 0) is 16.1 Å². The monoisotopic (exact) mass is 373 g/mol. The van der Waals surface area contributed by atoms with Crippen molar-refractivity contribution < 1.29 is 14.4 Å². The van der Waals surface area contributed by atoms with Gasteiger partial charge in [-0.25, -0.2) is 0 Å². The summed E-state index contributed by atoms with van der Waals surface area (Å²) in [4.78, 5) is 37.3. The predicted octanol–water partition coefficient (Wildman–Crippen LogP) is 3.12. The molecule has 148 valence electrons. The Kier molecular flexibility index (Phi) is 8.30. The maximum atomic E-state index is 12.8. The highest BCUT2D eigenvalue weighted by Crippen LogP contribution is 2.31. The number of nitrogens with zero attached hydrogens (tertiary/aromatic N) is 1. The largest absolute Gasteiger partial charge is 0.385 e. The number of rotatable bonds is 12. The Morgan fingerprint density at radius 3 is 2.74 bits per heavy atom. The van der Waals surface area contributed by atoms with Crippen LogP contribution in [0.15, 0.2) is 18.2 Å². The van der Waals surface area contributed by atoms with Gasteiger partial charge >= 0.3 is 0 Å². The molecular weight excluding hydrogens is 342 g/mol. The molecule has 1 heterocycles. The molecule has 6 heteroatoms. The van der Waals surface area contributed by atoms with Gasteiger partial charge in [0.15, 0.2) is 0 Å². The Balaban J connectivity index is 1.98. The highest BCUT2D eigenvalue weighted by Gasteiger charge is 2.34. The van der Waals surface area contributed by atoms with E-state index < -0.39 is 6.04 Å². The van der Waals surface area contributed by atoms with Crippen LogP contribution in [-0.4, -0.2) is 42.6 Å². The van der Waals surface area contributed by atoms with Crippen molar-refractivity contribution in [1.82, 2.24) is 10.2 Å². The van der Waals surface area contributed by atoms with Gasteiger partial charge in [0, 0.05) is 43.4 Å². The number of hydrogen-bond acceptors (Lipinski definition) is 4. The number of aldehydes is 1. The third-order valence-corrected chi connectivity index (χ3v) is 5.09. The van der Waals surface area contributed by atoms with E-state index in [-0.39, 0.29) is 18.2 Å². The summed E-state index contributed by atoms with van der Waals surface area (Å²) in [6.07, 6.45) is 7.39. The Morgan fingerprint density at radius 1 is 1.26 bits per heavy atom. The van der Waals surface area contributed by atoms with Crippen LogP contribution in [0.2, 0.25) is 0 Å². The molecule has 6 nitrogen and oxygen atoms in total. The van der Waals surface area contributed by atoms with Crippen molar-refractivity contribution in [1.29, 1.82) is 0 Å². The maximum Gasteiger partial charge on any atom is 0.255 e. The van der Waals surface area contributed by atoms with Crippen molar-refractivity contribution in [3.63, 3.8) is 0 Å². The fourth-order valence-corrected chi connectivity index (χ4v) is 3.44. The van der Waals surface area contributed by atoms with Gasteiger partial charge in [0.05, 0.1) is 6.04 Å². The number of fused-ring (bicyclic) bond motifs is 1. The molecule has 2 amide bonds. The summed E-state index contributed by atoms with van der Waals surface area (Å²) >= 11 is 0. The van der Waals surface area contributed by atoms with E-state index in [0.717, 1.165) is 30.5 Å². The summed E-state index contributed by atoms with van der Waals surface area (Å²) < 4.78 is 0. The fraction of sp³-hybridized carbons (Fsp3) is 0.571. The molecule has 1 aromatic carbocycles. The van der Waals surface area contributed by atoms with E-state index in [1.165, 1.54) is 25.7 Å². The molecule has 1 unspecified atom stereocenters. The van der Waals surface area contributed by atoms with Gasteiger partial charge in [0.1, 0.15) is 6.29 Å². The molecule has 0 saturated carbocycles. The van der Waals surface area contributed by atoms with E-state index in [2.05, 4.69) is 17.6 Å². The van der Waals surface area contributed by atoms with Gasteiger partial charge in [-0.15, -0.1) is 0 Å². The lowest BCUT2D eigenvalue weighted by Gasteiger charge is -2.22. The second-order valence-electron chi connectivity index (χ2n) is 7.02. The van der Waals surface area contributed by atoms with Gasteiger partial charge in [-0.2, -0.15) is 0 Å². The standard InChI is InChI=1S/C21H31N3O3/c1-3-4-5-6-7-13-23-19-10-8-9-17-18(19)14-24(21(17)27)16(15-25)11-12-20(26)22-2/h8-10,15-16,23H,3-7,11-14H2,1-2H3,(H,22,26). The Bertz CT molecular complexity index is 660. The smallest absolute Gasteiger partial charge is 0.255 e. The van der Waals surface area contributed by atoms with Crippen molar-refractivity contribution >= 4 is 23.8 Å². The zero-order chi connectivity index (χ0) is 19.6. The average molecular weight is 373 g/mol. The van der Waals surface area contributed by atoms with Gasteiger partial charge in [0.25, 0.3) is 5.91 Å². The Morgan fingerprint density at radius 2 is 2.04 bits per heavy atom. The van der Waals surface area contributed by atoms with Gasteiger partial charge in [-0.3, -0.25) is 9.59 Å². The van der Waals surface area contributed by atoms with Crippen molar-refractivity contribution in [3.8, 4) is 0 Å². The van der Waals surface area contributed by atoms with Crippen LogP contribution < -0.4 is 10.6 Å². The number of carbonyl (C=O) groups excluding carboxylic acids is 3. The average Bonchev–Trinajstić information content (AvgIpc) is 3.02. The molecule has 0 aliphatic carbocycles. The third kappa shape index (κ3) is 5.55. The van der Waals surface area contributed by atoms with Crippen LogP contribution in [0.25, 0.3) is 0 Å². The van der Waals surface area contributed by atoms with Crippen LogP contribution in [0.4, 0.5) is 5.69 Å². The van der Waals surface area contributed by atoms with Crippen molar-refractivity contribution in [2.24, 2.45) is 0 Å². The van der Waals surface area contributed by atoms with Gasteiger partial charge in [-0.1, -0.05) is 38.7 Å². The van der Waals surface area contributed by atoms with Gasteiger partial charge < -0.3 is 20.3 Å². The number of nitrogens with one attached hydrogen (secondary N) is 2. The quantitative estimate of drug-likeness (QED) is 0.436. The first kappa shape index (κ1) is 20.9. The number of carbonyl (C=O) groups is 3. The molecule has 2 rings (SSSR count). The summed E-state index contributed by atoms with van der Waals surface area (Å²) in [6, 6.07) is 5.09. The van der Waals surface area contributed by atoms with Gasteiger partial charge in [0.2, 0.25) is 5.91 Å². The van der Waals surface area contributed by atoms with Crippen molar-refractivity contribution in [2.75, 3.05) is 18.9 Å². The van der Waals surface area contributed by atoms with E-state index in [9.17, 15) is 14.4 Å². The van der Waals surface area contributed by atoms with E-state index in [4.69, 9.17) is 0 Å². The van der Waals surface area contributed by atoms with Crippen LogP contribution in [0, 0.1) is 0 Å². The summed E-state index contributed by atoms with van der Waals surface area (Å²) in [5.74, 6) is -0.262. The minimum absolute atomic E-state index is 0.128. The molecule has 0 saturated heterocycles. The normalized spacial score (nSPS) is 14.0. The first-order valence-electron chi connectivity index (χ1n) is 9.95. The number of benzene rings is 1. The molecule has 27 heavy (non-hydrogen) atoms. The lowest BCUT2D eigenvalue weighted by atomic mass is 10.1. The molecule has 0 aromatic heterocycles. The molecule has 0 fully saturated rings. The van der Waals surface area contributed by atoms with Crippen LogP contribution in [0.5, 0.6) is 0 Å². The summed E-state index contributed by atoms with van der Waals surface area (Å²) in [7, 11) is 1.56. The molecule has 0 bridgehead atoms. The minimum Gasteiger partial charge on any atom is -0.385 e. The lowest BCUT2D eigenvalue weighted by Crippen LogP contribution is -2.37. The highest BCUT2D eigenvalue weighted by molar-refractivity contribution is 6.01. The number of hydrogen-bond donors (Lipinski definition) is 2. The molecule has 1 aliphatic heterocycles. The van der Waals surface area contributed by atoms with E-state index in [0.29, 0.717) is 18.5 Å². The van der Waals surface area contributed by atoms with E-state index in [1.54, 1.807) is 11.9 Å². The summed E-state index contributed by atoms with van der Waals surface area (Å²) in [5.41, 5.74) is 2.57. The Hall–Kier alpha value is -2.37. The molecule has 0 radical (unpaired) electrons. The van der Waals surface area contributed by atoms with Crippen LogP contribution in [0.3, 0.4) is 0 Å². The SMILES string of the molecule is CCCCCCCNc1cccc2c1CN(C(C=O)CCC(=O)NC)C2=O. The Labute approximate surface area is 161 Å². The fourth-order valence-electron chi connectivity index (χ4n) is 3.44. The number of amides is 2. The molecule has 1 aliphatic rings. The zero-order valence-corrected chi connectivity index (χ0v) is 16.4. The molecule has 1 atom stereocenters. The molecular formula is C21H31N3O3. The van der Waals surface area contributed by atoms with E-state index in [1.807, 2.05) is 18.2 Å². The van der Waals surface area contributed by atoms with E-state index >= 15 is 0 Å². The highest BCUT2D eigenvalue weighted by atomic mass is 16.2. The van der Waals surface area contributed by atoms with Crippen LogP contribution >= 0.6 is 0 Å². The minimum atomic E-state index is -0.580. The molecule has 2 N–H and O–H groups in total. The van der Waals surface area contributed by atoms with Crippen molar-refractivity contribution in [2.45, 2.75) is 64.5 Å². The second-order valence-corrected chi connectivity index (χ2v) is 7.02. The predicted molar refractivity (Wildman–Crippen MR) is 107 cm³/mol. The lowest BCUT2D eigenvalue weighted by molar-refractivity contribution is -0.121. The molecule has 1 aromatic rings. The number of anilines is 1. The zero-order valence-electron chi connectivity index (χ0n) is 16.4. The van der Waals surface area contributed by atoms with Crippen molar-refractivity contribution in [3.05, 3.63) is 29.3 Å². The first-order valence-corrected chi connectivity index (χ1v) is 9.95. The van der Waals surface area contributed by atoms with Gasteiger partial charge in [-0.05, 0) is 25.0 Å². The maximum absolute atomic E-state index is 12.8. The summed E-state index contributed by atoms with van der Waals surface area (Å²) in [6.45, 7) is 3.49.